The van der Waals surface area contributed by atoms with Gasteiger partial charge in [0.15, 0.2) is 11.5 Å². The lowest BCUT2D eigenvalue weighted by Crippen LogP contribution is -2.44. The van der Waals surface area contributed by atoms with Crippen LogP contribution in [0, 0.1) is 6.92 Å². The van der Waals surface area contributed by atoms with Gasteiger partial charge in [0.25, 0.3) is 11.4 Å². The number of halogens is 1. The second kappa shape index (κ2) is 6.58. The lowest BCUT2D eigenvalue weighted by molar-refractivity contribution is 0.190. The van der Waals surface area contributed by atoms with E-state index >= 15 is 0 Å². The van der Waals surface area contributed by atoms with Crippen LogP contribution in [0.4, 0.5) is 0 Å². The molecule has 4 heterocycles. The third-order valence-electron chi connectivity index (χ3n) is 4.42. The quantitative estimate of drug-likeness (QED) is 0.685. The molecule has 2 N–H and O–H groups in total. The van der Waals surface area contributed by atoms with Crippen LogP contribution in [0.5, 0.6) is 0 Å². The normalized spacial score (nSPS) is 18.4. The predicted molar refractivity (Wildman–Crippen MR) is 94.9 cm³/mol. The van der Waals surface area contributed by atoms with Crippen molar-refractivity contribution in [3.05, 3.63) is 27.9 Å². The van der Waals surface area contributed by atoms with E-state index in [1.807, 2.05) is 14.0 Å². The van der Waals surface area contributed by atoms with Gasteiger partial charge in [0.2, 0.25) is 0 Å². The molecular formula is C15H20ClN7O2. The fourth-order valence-electron chi connectivity index (χ4n) is 3.13. The molecule has 1 aliphatic heterocycles. The van der Waals surface area contributed by atoms with Gasteiger partial charge in [0.1, 0.15) is 0 Å². The Hall–Kier alpha value is -2.23. The predicted octanol–water partition coefficient (Wildman–Crippen LogP) is 0.618. The van der Waals surface area contributed by atoms with E-state index in [0.717, 1.165) is 25.3 Å². The summed E-state index contributed by atoms with van der Waals surface area (Å²) < 4.78 is 7.08. The van der Waals surface area contributed by atoms with E-state index in [1.54, 1.807) is 17.8 Å². The van der Waals surface area contributed by atoms with E-state index in [-0.39, 0.29) is 24.0 Å². The molecule has 134 valence electrons. The van der Waals surface area contributed by atoms with E-state index in [0.29, 0.717) is 28.3 Å². The zero-order chi connectivity index (χ0) is 16.8. The number of piperazine rings is 1. The molecule has 25 heavy (non-hydrogen) atoms. The molecular weight excluding hydrogens is 346 g/mol. The average molecular weight is 366 g/mol. The van der Waals surface area contributed by atoms with Crippen LogP contribution in [0.1, 0.15) is 17.6 Å². The molecule has 1 fully saturated rings. The lowest BCUT2D eigenvalue weighted by atomic mass is 10.1. The summed E-state index contributed by atoms with van der Waals surface area (Å²) >= 11 is 0. The molecule has 0 spiro atoms. The number of likely N-dealkylation sites (N-methyl/N-ethyl adjacent to an activating group) is 1. The molecule has 0 bridgehead atoms. The summed E-state index contributed by atoms with van der Waals surface area (Å²) in [6.45, 7) is 4.51. The number of hydrogen-bond donors (Lipinski definition) is 2. The number of hydrogen-bond acceptors (Lipinski definition) is 7. The molecule has 9 nitrogen and oxygen atoms in total. The van der Waals surface area contributed by atoms with Crippen molar-refractivity contribution in [1.82, 2.24) is 35.1 Å². The minimum atomic E-state index is -0.216. The first-order chi connectivity index (χ1) is 11.5. The van der Waals surface area contributed by atoms with Crippen LogP contribution in [0.3, 0.4) is 0 Å². The van der Waals surface area contributed by atoms with Crippen LogP contribution >= 0.6 is 12.4 Å². The number of fused-ring (bicyclic) bond motifs is 1. The first kappa shape index (κ1) is 17.6. The Morgan fingerprint density at radius 1 is 1.32 bits per heavy atom. The molecule has 0 aromatic carbocycles. The molecule has 3 aromatic rings. The minimum Gasteiger partial charge on any atom is -0.334 e. The maximum absolute atomic E-state index is 12.2. The number of pyridine rings is 1. The fraction of sp³-hybridized carbons (Fsp3) is 0.467. The second-order valence-electron chi connectivity index (χ2n) is 6.17. The van der Waals surface area contributed by atoms with Crippen LogP contribution in [0.2, 0.25) is 0 Å². The molecule has 0 amide bonds. The van der Waals surface area contributed by atoms with E-state index in [2.05, 4.69) is 30.4 Å². The first-order valence-electron chi connectivity index (χ1n) is 7.86. The van der Waals surface area contributed by atoms with E-state index in [1.165, 1.54) is 0 Å². The van der Waals surface area contributed by atoms with Crippen LogP contribution in [-0.2, 0) is 7.05 Å². The molecule has 10 heteroatoms. The summed E-state index contributed by atoms with van der Waals surface area (Å²) in [5.41, 5.74) is 1.75. The maximum Gasteiger partial charge on any atom is 0.274 e. The van der Waals surface area contributed by atoms with Crippen molar-refractivity contribution in [3.8, 4) is 11.5 Å². The van der Waals surface area contributed by atoms with Gasteiger partial charge < -0.3 is 9.84 Å². The van der Waals surface area contributed by atoms with E-state index < -0.39 is 0 Å². The monoisotopic (exact) mass is 365 g/mol. The number of aromatic amines is 1. The van der Waals surface area contributed by atoms with Crippen molar-refractivity contribution in [2.24, 2.45) is 7.05 Å². The van der Waals surface area contributed by atoms with Gasteiger partial charge in [-0.25, -0.2) is 4.98 Å². The number of nitrogens with one attached hydrogen (secondary N) is 2. The number of nitrogens with zero attached hydrogens (tertiary/aromatic N) is 5. The molecule has 4 rings (SSSR count). The van der Waals surface area contributed by atoms with Crippen molar-refractivity contribution < 1.29 is 4.52 Å². The standard InChI is InChI=1S/C15H19N7O2.ClH/c1-8-6-9(11-13(17-8)22(3)19-14(11)23)15-18-12(20-24-15)10-7-16-4-5-21(10)2;/h6,10,16H,4-5,7H2,1-3H3,(H,19,23);1H. The average Bonchev–Trinajstić information content (AvgIpc) is 3.13. The Bertz CT molecular complexity index is 961. The van der Waals surface area contributed by atoms with Gasteiger partial charge in [-0.1, -0.05) is 5.16 Å². The number of H-pyrrole nitrogens is 1. The Morgan fingerprint density at radius 3 is 2.88 bits per heavy atom. The third kappa shape index (κ3) is 2.94. The van der Waals surface area contributed by atoms with Crippen molar-refractivity contribution in [3.63, 3.8) is 0 Å². The summed E-state index contributed by atoms with van der Waals surface area (Å²) in [4.78, 5) is 23.4. The smallest absolute Gasteiger partial charge is 0.274 e. The zero-order valence-corrected chi connectivity index (χ0v) is 15.1. The molecule has 3 aromatic heterocycles. The highest BCUT2D eigenvalue weighted by molar-refractivity contribution is 5.90. The Balaban J connectivity index is 0.00000182. The Morgan fingerprint density at radius 2 is 2.12 bits per heavy atom. The molecule has 1 saturated heterocycles. The van der Waals surface area contributed by atoms with Gasteiger partial charge in [-0.3, -0.25) is 19.5 Å². The van der Waals surface area contributed by atoms with Crippen molar-refractivity contribution in [2.75, 3.05) is 26.7 Å². The second-order valence-corrected chi connectivity index (χ2v) is 6.17. The van der Waals surface area contributed by atoms with Gasteiger partial charge in [-0.15, -0.1) is 12.4 Å². The summed E-state index contributed by atoms with van der Waals surface area (Å²) in [5, 5.41) is 10.7. The lowest BCUT2D eigenvalue weighted by Gasteiger charge is -2.30. The molecule has 0 aliphatic carbocycles. The molecule has 1 aliphatic rings. The topological polar surface area (TPSA) is 105 Å². The maximum atomic E-state index is 12.2. The van der Waals surface area contributed by atoms with Gasteiger partial charge in [-0.2, -0.15) is 4.98 Å². The largest absolute Gasteiger partial charge is 0.334 e. The van der Waals surface area contributed by atoms with Crippen LogP contribution in [0.15, 0.2) is 15.4 Å². The fourth-order valence-corrected chi connectivity index (χ4v) is 3.13. The highest BCUT2D eigenvalue weighted by atomic mass is 35.5. The number of aryl methyl sites for hydroxylation is 2. The highest BCUT2D eigenvalue weighted by Crippen LogP contribution is 2.27. The van der Waals surface area contributed by atoms with Crippen molar-refractivity contribution >= 4 is 23.4 Å². The van der Waals surface area contributed by atoms with Gasteiger partial charge >= 0.3 is 0 Å². The first-order valence-corrected chi connectivity index (χ1v) is 7.86. The van der Waals surface area contributed by atoms with E-state index in [9.17, 15) is 4.79 Å². The van der Waals surface area contributed by atoms with Crippen molar-refractivity contribution in [2.45, 2.75) is 13.0 Å². The summed E-state index contributed by atoms with van der Waals surface area (Å²) in [6.07, 6.45) is 0. The van der Waals surface area contributed by atoms with Crippen LogP contribution in [-0.4, -0.2) is 56.5 Å². The summed E-state index contributed by atoms with van der Waals surface area (Å²) in [5.74, 6) is 0.964. The SMILES string of the molecule is Cc1cc(-c2nc(C3CNCCN3C)no2)c2c(=O)[nH]n(C)c2n1.Cl. The van der Waals surface area contributed by atoms with Crippen LogP contribution in [0.25, 0.3) is 22.5 Å². The Kier molecular flexibility index (Phi) is 4.63. The molecule has 1 atom stereocenters. The number of rotatable bonds is 2. The van der Waals surface area contributed by atoms with Crippen molar-refractivity contribution in [1.29, 1.82) is 0 Å². The summed E-state index contributed by atoms with van der Waals surface area (Å²) in [7, 11) is 3.79. The molecule has 0 saturated carbocycles. The van der Waals surface area contributed by atoms with E-state index in [4.69, 9.17) is 4.52 Å². The van der Waals surface area contributed by atoms with Gasteiger partial charge in [-0.05, 0) is 20.0 Å². The summed E-state index contributed by atoms with van der Waals surface area (Å²) in [6, 6.07) is 1.86. The molecule has 0 radical (unpaired) electrons. The Labute approximate surface area is 149 Å². The van der Waals surface area contributed by atoms with Gasteiger partial charge in [0.05, 0.1) is 17.0 Å². The molecule has 1 unspecified atom stereocenters. The zero-order valence-electron chi connectivity index (χ0n) is 14.2. The highest BCUT2D eigenvalue weighted by Gasteiger charge is 2.26. The van der Waals surface area contributed by atoms with Crippen LogP contribution < -0.4 is 10.9 Å². The van der Waals surface area contributed by atoms with Gasteiger partial charge in [0, 0.05) is 32.4 Å². The number of aromatic nitrogens is 5. The third-order valence-corrected chi connectivity index (χ3v) is 4.42. The minimum absolute atomic E-state index is 0.